The van der Waals surface area contributed by atoms with Crippen LogP contribution in [0.1, 0.15) is 75.5 Å². The predicted octanol–water partition coefficient (Wildman–Crippen LogP) is 4.81. The van der Waals surface area contributed by atoms with Crippen molar-refractivity contribution in [3.05, 3.63) is 71.3 Å². The first-order valence-corrected chi connectivity index (χ1v) is 13.5. The van der Waals surface area contributed by atoms with Gasteiger partial charge in [-0.2, -0.15) is 5.21 Å². The van der Waals surface area contributed by atoms with E-state index in [9.17, 15) is 14.7 Å². The largest absolute Gasteiger partial charge is 0.456 e. The van der Waals surface area contributed by atoms with Gasteiger partial charge < -0.3 is 14.6 Å². The van der Waals surface area contributed by atoms with Gasteiger partial charge in [0.15, 0.2) is 12.4 Å². The number of benzene rings is 2. The minimum atomic E-state index is -1.45. The summed E-state index contributed by atoms with van der Waals surface area (Å²) in [6.07, 6.45) is 1.27. The summed E-state index contributed by atoms with van der Waals surface area (Å²) in [7, 11) is 0. The van der Waals surface area contributed by atoms with Gasteiger partial charge in [-0.05, 0) is 62.9 Å². The number of carbonyl (C=O) groups is 2. The molecule has 2 N–H and O–H groups in total. The highest BCUT2D eigenvalue weighted by Crippen LogP contribution is 2.31. The lowest BCUT2D eigenvalue weighted by atomic mass is 9.97. The van der Waals surface area contributed by atoms with Gasteiger partial charge in [0.2, 0.25) is 5.82 Å². The van der Waals surface area contributed by atoms with Crippen molar-refractivity contribution in [2.24, 2.45) is 5.41 Å². The summed E-state index contributed by atoms with van der Waals surface area (Å²) in [6.45, 7) is 10.2. The second-order valence-electron chi connectivity index (χ2n) is 11.3. The zero-order chi connectivity index (χ0) is 29.8. The van der Waals surface area contributed by atoms with E-state index in [1.807, 2.05) is 55.5 Å². The molecule has 0 saturated carbocycles. The van der Waals surface area contributed by atoms with Crippen LogP contribution in [0.2, 0.25) is 0 Å². The highest BCUT2D eigenvalue weighted by Gasteiger charge is 2.34. The number of hydrogen-bond donors (Lipinski definition) is 2. The molecule has 0 radical (unpaired) electrons. The topological polar surface area (TPSA) is 145 Å². The second-order valence-corrected chi connectivity index (χ2v) is 11.3. The third kappa shape index (κ3) is 6.86. The van der Waals surface area contributed by atoms with E-state index in [4.69, 9.17) is 9.47 Å². The number of rotatable bonds is 10. The van der Waals surface area contributed by atoms with Crippen LogP contribution in [0.5, 0.6) is 0 Å². The van der Waals surface area contributed by atoms with Gasteiger partial charge in [0.25, 0.3) is 0 Å². The van der Waals surface area contributed by atoms with Crippen LogP contribution in [0, 0.1) is 5.41 Å². The quantitative estimate of drug-likeness (QED) is 0.261. The molecule has 2 heterocycles. The fourth-order valence-corrected chi connectivity index (χ4v) is 4.36. The Morgan fingerprint density at radius 3 is 2.24 bits per heavy atom. The number of aromatic nitrogens is 6. The van der Waals surface area contributed by atoms with Crippen molar-refractivity contribution < 1.29 is 24.2 Å². The summed E-state index contributed by atoms with van der Waals surface area (Å²) < 4.78 is 12.8. The fourth-order valence-electron chi connectivity index (χ4n) is 4.36. The van der Waals surface area contributed by atoms with Gasteiger partial charge in [-0.1, -0.05) is 55.5 Å². The van der Waals surface area contributed by atoms with Crippen LogP contribution < -0.4 is 0 Å². The van der Waals surface area contributed by atoms with E-state index in [-0.39, 0.29) is 24.7 Å². The molecular weight excluding hydrogens is 524 g/mol. The van der Waals surface area contributed by atoms with Crippen LogP contribution in [0.15, 0.2) is 48.5 Å². The maximum atomic E-state index is 13.3. The Morgan fingerprint density at radius 2 is 1.66 bits per heavy atom. The van der Waals surface area contributed by atoms with Crippen LogP contribution >= 0.6 is 0 Å². The minimum Gasteiger partial charge on any atom is -0.456 e. The SMILES string of the molecule is CCCc1nc(C(=O)OCc2ccc(-c3ccccc3-c3nn[nH]n3)cc2)c(C(C)(C)O)n1COC(=O)C(C)(C)C. The number of carbonyl (C=O) groups excluding carboxylic acids is 2. The highest BCUT2D eigenvalue weighted by molar-refractivity contribution is 5.89. The summed E-state index contributed by atoms with van der Waals surface area (Å²) >= 11 is 0. The van der Waals surface area contributed by atoms with E-state index in [0.29, 0.717) is 18.1 Å². The van der Waals surface area contributed by atoms with E-state index in [2.05, 4.69) is 25.6 Å². The number of aromatic amines is 1. The molecule has 0 fully saturated rings. The summed E-state index contributed by atoms with van der Waals surface area (Å²) in [5.74, 6) is -0.0473. The molecule has 216 valence electrons. The molecule has 2 aromatic heterocycles. The van der Waals surface area contributed by atoms with Gasteiger partial charge in [-0.15, -0.1) is 10.2 Å². The van der Waals surface area contributed by atoms with E-state index in [0.717, 1.165) is 28.7 Å². The lowest BCUT2D eigenvalue weighted by molar-refractivity contribution is -0.157. The zero-order valence-electron chi connectivity index (χ0n) is 24.3. The van der Waals surface area contributed by atoms with Crippen LogP contribution in [0.4, 0.5) is 0 Å². The Hall–Kier alpha value is -4.38. The van der Waals surface area contributed by atoms with Gasteiger partial charge in [0, 0.05) is 12.0 Å². The van der Waals surface area contributed by atoms with E-state index in [1.165, 1.54) is 0 Å². The summed E-state index contributed by atoms with van der Waals surface area (Å²) in [5.41, 5.74) is 1.58. The van der Waals surface area contributed by atoms with Crippen LogP contribution in [-0.4, -0.2) is 47.2 Å². The van der Waals surface area contributed by atoms with E-state index < -0.39 is 23.0 Å². The number of aliphatic hydroxyl groups is 1. The van der Waals surface area contributed by atoms with Crippen LogP contribution in [-0.2, 0) is 39.6 Å². The molecule has 0 atom stereocenters. The predicted molar refractivity (Wildman–Crippen MR) is 151 cm³/mol. The number of imidazole rings is 1. The monoisotopic (exact) mass is 560 g/mol. The van der Waals surface area contributed by atoms with Crippen molar-refractivity contribution >= 4 is 11.9 Å². The van der Waals surface area contributed by atoms with Gasteiger partial charge in [-0.3, -0.25) is 9.36 Å². The average molecular weight is 561 g/mol. The molecule has 4 aromatic rings. The zero-order valence-corrected chi connectivity index (χ0v) is 24.3. The minimum absolute atomic E-state index is 0.00147. The molecule has 0 amide bonds. The van der Waals surface area contributed by atoms with Gasteiger partial charge in [0.05, 0.1) is 11.1 Å². The molecule has 0 bridgehead atoms. The lowest BCUT2D eigenvalue weighted by Crippen LogP contribution is -2.28. The van der Waals surface area contributed by atoms with Gasteiger partial charge in [-0.25, -0.2) is 9.78 Å². The standard InChI is InChI=1S/C30H36N6O5/c1-7-10-23-31-24(25(30(5,6)39)36(23)18-41-28(38)29(2,3)4)27(37)40-17-19-13-15-20(16-14-19)21-11-8-9-12-22(21)26-32-34-35-33-26/h8-9,11-16,39H,7,10,17-18H2,1-6H3,(H,32,33,34,35). The molecule has 11 heteroatoms. The number of aryl methyl sites for hydroxylation is 1. The molecule has 0 aliphatic rings. The third-order valence-electron chi connectivity index (χ3n) is 6.38. The highest BCUT2D eigenvalue weighted by atomic mass is 16.5. The van der Waals surface area contributed by atoms with Crippen LogP contribution in [0.25, 0.3) is 22.5 Å². The Morgan fingerprint density at radius 1 is 0.976 bits per heavy atom. The normalized spacial score (nSPS) is 11.9. The first kappa shape index (κ1) is 29.6. The number of tetrazole rings is 1. The van der Waals surface area contributed by atoms with Gasteiger partial charge >= 0.3 is 11.9 Å². The summed E-state index contributed by atoms with van der Waals surface area (Å²) in [5, 5.41) is 25.3. The van der Waals surface area contributed by atoms with Crippen molar-refractivity contribution in [3.63, 3.8) is 0 Å². The molecule has 2 aromatic carbocycles. The number of nitrogens with zero attached hydrogens (tertiary/aromatic N) is 5. The van der Waals surface area contributed by atoms with Crippen molar-refractivity contribution in [3.8, 4) is 22.5 Å². The molecular formula is C30H36N6O5. The molecule has 41 heavy (non-hydrogen) atoms. The number of ether oxygens (including phenoxy) is 2. The van der Waals surface area contributed by atoms with Crippen molar-refractivity contribution in [1.82, 2.24) is 30.2 Å². The molecule has 0 saturated heterocycles. The molecule has 11 nitrogen and oxygen atoms in total. The van der Waals surface area contributed by atoms with E-state index in [1.54, 1.807) is 39.2 Å². The fraction of sp³-hybridized carbons (Fsp3) is 0.400. The molecule has 4 rings (SSSR count). The van der Waals surface area contributed by atoms with E-state index >= 15 is 0 Å². The first-order chi connectivity index (χ1) is 19.4. The van der Waals surface area contributed by atoms with Gasteiger partial charge in [0.1, 0.15) is 18.0 Å². The first-order valence-electron chi connectivity index (χ1n) is 13.5. The average Bonchev–Trinajstić information content (AvgIpc) is 3.59. The number of esters is 2. The van der Waals surface area contributed by atoms with Crippen LogP contribution in [0.3, 0.4) is 0 Å². The maximum Gasteiger partial charge on any atom is 0.359 e. The van der Waals surface area contributed by atoms with Crippen molar-refractivity contribution in [1.29, 1.82) is 0 Å². The second kappa shape index (κ2) is 12.0. The Balaban J connectivity index is 1.54. The smallest absolute Gasteiger partial charge is 0.359 e. The Labute approximate surface area is 238 Å². The third-order valence-corrected chi connectivity index (χ3v) is 6.38. The number of hydrogen-bond acceptors (Lipinski definition) is 9. The number of nitrogens with one attached hydrogen (secondary N) is 1. The Kier molecular flexibility index (Phi) is 8.67. The maximum absolute atomic E-state index is 13.3. The summed E-state index contributed by atoms with van der Waals surface area (Å²) in [4.78, 5) is 30.2. The molecule has 0 aliphatic heterocycles. The number of H-pyrrole nitrogens is 1. The lowest BCUT2D eigenvalue weighted by Gasteiger charge is -2.23. The molecule has 0 aliphatic carbocycles. The van der Waals surface area contributed by atoms with Crippen molar-refractivity contribution in [2.45, 2.75) is 73.3 Å². The summed E-state index contributed by atoms with van der Waals surface area (Å²) in [6, 6.07) is 15.4. The Bertz CT molecular complexity index is 1500. The molecule has 0 unspecified atom stereocenters. The molecule has 0 spiro atoms. The van der Waals surface area contributed by atoms with Crippen molar-refractivity contribution in [2.75, 3.05) is 0 Å².